The average Bonchev–Trinajstić information content (AvgIpc) is 3.20. The zero-order chi connectivity index (χ0) is 20.5. The van der Waals surface area contributed by atoms with Crippen molar-refractivity contribution in [1.82, 2.24) is 15.1 Å². The van der Waals surface area contributed by atoms with E-state index in [1.807, 2.05) is 62.4 Å². The molecule has 3 aromatic rings. The number of carbonyl (C=O) groups is 2. The van der Waals surface area contributed by atoms with Crippen LogP contribution in [0.3, 0.4) is 0 Å². The topological polar surface area (TPSA) is 75.2 Å². The molecule has 2 amide bonds. The fraction of sp³-hybridized carbons (Fsp3) is 0.273. The lowest BCUT2D eigenvalue weighted by atomic mass is 9.79. The fourth-order valence-electron chi connectivity index (χ4n) is 3.73. The normalized spacial score (nSPS) is 18.6. The molecule has 2 aromatic carbocycles. The predicted molar refractivity (Wildman–Crippen MR) is 113 cm³/mol. The van der Waals surface area contributed by atoms with Gasteiger partial charge in [-0.2, -0.15) is 0 Å². The van der Waals surface area contributed by atoms with Crippen LogP contribution in [0, 0.1) is 0 Å². The summed E-state index contributed by atoms with van der Waals surface area (Å²) in [5.41, 5.74) is 2.20. The molecule has 0 spiro atoms. The van der Waals surface area contributed by atoms with Crippen LogP contribution in [0.5, 0.6) is 0 Å². The van der Waals surface area contributed by atoms with Crippen molar-refractivity contribution in [3.8, 4) is 0 Å². The molecule has 2 heterocycles. The van der Waals surface area contributed by atoms with Crippen molar-refractivity contribution in [2.24, 2.45) is 0 Å². The molecule has 4 rings (SSSR count). The highest BCUT2D eigenvalue weighted by molar-refractivity contribution is 7.15. The van der Waals surface area contributed by atoms with Crippen molar-refractivity contribution < 1.29 is 9.59 Å². The van der Waals surface area contributed by atoms with Crippen LogP contribution in [0.1, 0.15) is 58.2 Å². The lowest BCUT2D eigenvalue weighted by molar-refractivity contribution is -0.119. The Labute approximate surface area is 173 Å². The second kappa shape index (κ2) is 7.75. The van der Waals surface area contributed by atoms with E-state index in [1.165, 1.54) is 11.3 Å². The average molecular weight is 407 g/mol. The molecular weight excluding hydrogens is 384 g/mol. The Hall–Kier alpha value is -3.06. The number of anilines is 1. The number of aromatic nitrogens is 2. The van der Waals surface area contributed by atoms with Crippen LogP contribution in [0.15, 0.2) is 54.6 Å². The van der Waals surface area contributed by atoms with E-state index in [0.29, 0.717) is 10.7 Å². The molecule has 1 aliphatic heterocycles. The van der Waals surface area contributed by atoms with Crippen LogP contribution in [-0.2, 0) is 4.79 Å². The van der Waals surface area contributed by atoms with Gasteiger partial charge in [-0.05, 0) is 17.2 Å². The van der Waals surface area contributed by atoms with Crippen molar-refractivity contribution in [2.45, 2.75) is 31.7 Å². The minimum atomic E-state index is -0.553. The SMILES string of the molecule is CC(C)c1nnc(NC(=O)C2c3ccccc3C(=O)N(C)C2c2ccccc2)s1. The number of nitrogens with one attached hydrogen (secondary N) is 1. The minimum absolute atomic E-state index is 0.0866. The van der Waals surface area contributed by atoms with Crippen molar-refractivity contribution in [3.05, 3.63) is 76.3 Å². The molecule has 2 atom stereocenters. The molecule has 0 fully saturated rings. The van der Waals surface area contributed by atoms with E-state index in [1.54, 1.807) is 18.0 Å². The molecule has 6 nitrogen and oxygen atoms in total. The molecule has 1 aromatic heterocycles. The molecule has 29 heavy (non-hydrogen) atoms. The number of likely N-dealkylation sites (N-methyl/N-ethyl adjacent to an activating group) is 1. The molecule has 0 saturated carbocycles. The van der Waals surface area contributed by atoms with E-state index in [4.69, 9.17) is 0 Å². The Morgan fingerprint density at radius 3 is 2.45 bits per heavy atom. The van der Waals surface area contributed by atoms with E-state index in [2.05, 4.69) is 15.5 Å². The van der Waals surface area contributed by atoms with Gasteiger partial charge in [-0.15, -0.1) is 10.2 Å². The summed E-state index contributed by atoms with van der Waals surface area (Å²) in [6.07, 6.45) is 0. The third kappa shape index (κ3) is 3.53. The number of hydrogen-bond donors (Lipinski definition) is 1. The van der Waals surface area contributed by atoms with Gasteiger partial charge in [0.05, 0.1) is 12.0 Å². The first-order valence-electron chi connectivity index (χ1n) is 9.52. The molecule has 0 saturated heterocycles. The number of benzene rings is 2. The standard InChI is InChI=1S/C22H22N4O2S/c1-13(2)20-24-25-22(29-20)23-19(27)17-15-11-7-8-12-16(15)21(28)26(3)18(17)14-9-5-4-6-10-14/h4-13,17-18H,1-3H3,(H,23,25,27). The molecule has 0 aliphatic carbocycles. The van der Waals surface area contributed by atoms with E-state index < -0.39 is 12.0 Å². The third-order valence-electron chi connectivity index (χ3n) is 5.17. The largest absolute Gasteiger partial charge is 0.334 e. The molecule has 2 unspecified atom stereocenters. The predicted octanol–water partition coefficient (Wildman–Crippen LogP) is 4.21. The van der Waals surface area contributed by atoms with Gasteiger partial charge in [-0.25, -0.2) is 0 Å². The van der Waals surface area contributed by atoms with Gasteiger partial charge in [-0.3, -0.25) is 14.9 Å². The maximum absolute atomic E-state index is 13.4. The summed E-state index contributed by atoms with van der Waals surface area (Å²) < 4.78 is 0. The second-order valence-electron chi connectivity index (χ2n) is 7.43. The smallest absolute Gasteiger partial charge is 0.254 e. The third-order valence-corrected chi connectivity index (χ3v) is 6.31. The van der Waals surface area contributed by atoms with Gasteiger partial charge < -0.3 is 4.90 Å². The number of hydrogen-bond acceptors (Lipinski definition) is 5. The number of rotatable bonds is 4. The van der Waals surface area contributed by atoms with Crippen molar-refractivity contribution in [1.29, 1.82) is 0 Å². The van der Waals surface area contributed by atoms with Crippen molar-refractivity contribution in [3.63, 3.8) is 0 Å². The number of nitrogens with zero attached hydrogens (tertiary/aromatic N) is 3. The lowest BCUT2D eigenvalue weighted by Gasteiger charge is -2.39. The highest BCUT2D eigenvalue weighted by Crippen LogP contribution is 2.42. The second-order valence-corrected chi connectivity index (χ2v) is 8.44. The van der Waals surface area contributed by atoms with Gasteiger partial charge in [0.1, 0.15) is 5.01 Å². The van der Waals surface area contributed by atoms with Crippen LogP contribution >= 0.6 is 11.3 Å². The number of carbonyl (C=O) groups excluding carboxylic acids is 2. The quantitative estimate of drug-likeness (QED) is 0.704. The monoisotopic (exact) mass is 406 g/mol. The van der Waals surface area contributed by atoms with Crippen LogP contribution in [0.25, 0.3) is 0 Å². The maximum atomic E-state index is 13.4. The Bertz CT molecular complexity index is 1050. The van der Waals surface area contributed by atoms with Crippen LogP contribution in [-0.4, -0.2) is 34.0 Å². The highest BCUT2D eigenvalue weighted by Gasteiger charge is 2.42. The Balaban J connectivity index is 1.76. The zero-order valence-electron chi connectivity index (χ0n) is 16.5. The van der Waals surface area contributed by atoms with Crippen molar-refractivity contribution in [2.75, 3.05) is 12.4 Å². The highest BCUT2D eigenvalue weighted by atomic mass is 32.1. The minimum Gasteiger partial charge on any atom is -0.334 e. The summed E-state index contributed by atoms with van der Waals surface area (Å²) in [6, 6.07) is 16.6. The molecular formula is C22H22N4O2S. The van der Waals surface area contributed by atoms with Crippen LogP contribution in [0.4, 0.5) is 5.13 Å². The lowest BCUT2D eigenvalue weighted by Crippen LogP contribution is -2.44. The van der Waals surface area contributed by atoms with Gasteiger partial charge >= 0.3 is 0 Å². The van der Waals surface area contributed by atoms with Crippen LogP contribution in [0.2, 0.25) is 0 Å². The number of fused-ring (bicyclic) bond motifs is 1. The van der Waals surface area contributed by atoms with Gasteiger partial charge in [-0.1, -0.05) is 73.7 Å². The van der Waals surface area contributed by atoms with Gasteiger partial charge in [0.25, 0.3) is 5.91 Å². The molecule has 7 heteroatoms. The van der Waals surface area contributed by atoms with Gasteiger partial charge in [0.2, 0.25) is 11.0 Å². The summed E-state index contributed by atoms with van der Waals surface area (Å²) >= 11 is 1.38. The summed E-state index contributed by atoms with van der Waals surface area (Å²) in [7, 11) is 1.75. The molecule has 0 bridgehead atoms. The Kier molecular flexibility index (Phi) is 5.15. The maximum Gasteiger partial charge on any atom is 0.254 e. The summed E-state index contributed by atoms with van der Waals surface area (Å²) in [5.74, 6) is -0.592. The van der Waals surface area contributed by atoms with E-state index in [-0.39, 0.29) is 17.7 Å². The number of amides is 2. The summed E-state index contributed by atoms with van der Waals surface area (Å²) in [5, 5.41) is 12.5. The van der Waals surface area contributed by atoms with E-state index >= 15 is 0 Å². The molecule has 148 valence electrons. The summed E-state index contributed by atoms with van der Waals surface area (Å²) in [4.78, 5) is 28.1. The van der Waals surface area contributed by atoms with Crippen molar-refractivity contribution >= 4 is 28.3 Å². The molecule has 1 aliphatic rings. The van der Waals surface area contributed by atoms with E-state index in [9.17, 15) is 9.59 Å². The zero-order valence-corrected chi connectivity index (χ0v) is 17.3. The van der Waals surface area contributed by atoms with E-state index in [0.717, 1.165) is 16.1 Å². The fourth-order valence-corrected chi connectivity index (χ4v) is 4.47. The molecule has 1 N–H and O–H groups in total. The summed E-state index contributed by atoms with van der Waals surface area (Å²) in [6.45, 7) is 4.07. The Morgan fingerprint density at radius 1 is 1.07 bits per heavy atom. The van der Waals surface area contributed by atoms with Gasteiger partial charge in [0.15, 0.2) is 0 Å². The first kappa shape index (κ1) is 19.3. The molecule has 0 radical (unpaired) electrons. The van der Waals surface area contributed by atoms with Gasteiger partial charge in [0, 0.05) is 18.5 Å². The Morgan fingerprint density at radius 2 is 1.76 bits per heavy atom. The first-order chi connectivity index (χ1) is 14.0. The van der Waals surface area contributed by atoms with Crippen LogP contribution < -0.4 is 5.32 Å². The first-order valence-corrected chi connectivity index (χ1v) is 10.3.